The highest BCUT2D eigenvalue weighted by molar-refractivity contribution is 9.10. The summed E-state index contributed by atoms with van der Waals surface area (Å²) in [6.07, 6.45) is 2.58. The standard InChI is InChI=1S/C28H38Br2N2O4/c1-17-13-23(29)14-18(2)25(17)35-21(5)27(33)31-11-9-7-8-10-12-32-28(34)22(6)36-26-19(3)15-24(30)16-20(26)4/h13-16,21-22H,7-12H2,1-6H3,(H,31,33)(H,32,34). The minimum absolute atomic E-state index is 0.116. The van der Waals surface area contributed by atoms with Crippen molar-refractivity contribution in [2.75, 3.05) is 13.1 Å². The molecule has 2 aromatic carbocycles. The molecule has 2 amide bonds. The number of halogens is 2. The van der Waals surface area contributed by atoms with Crippen molar-refractivity contribution in [2.24, 2.45) is 0 Å². The Balaban J connectivity index is 1.59. The Hall–Kier alpha value is -2.06. The molecule has 198 valence electrons. The number of rotatable bonds is 13. The quantitative estimate of drug-likeness (QED) is 0.250. The molecule has 0 radical (unpaired) electrons. The van der Waals surface area contributed by atoms with Crippen molar-refractivity contribution in [3.63, 3.8) is 0 Å². The Morgan fingerprint density at radius 1 is 0.667 bits per heavy atom. The smallest absolute Gasteiger partial charge is 0.260 e. The number of benzene rings is 2. The lowest BCUT2D eigenvalue weighted by Crippen LogP contribution is -2.37. The van der Waals surface area contributed by atoms with Crippen LogP contribution >= 0.6 is 31.9 Å². The zero-order valence-corrected chi connectivity index (χ0v) is 25.3. The summed E-state index contributed by atoms with van der Waals surface area (Å²) in [7, 11) is 0. The van der Waals surface area contributed by atoms with Gasteiger partial charge in [-0.25, -0.2) is 0 Å². The Morgan fingerprint density at radius 3 is 1.28 bits per heavy atom. The van der Waals surface area contributed by atoms with Gasteiger partial charge in [0.15, 0.2) is 12.2 Å². The van der Waals surface area contributed by atoms with E-state index in [1.165, 1.54) is 0 Å². The third kappa shape index (κ3) is 9.43. The molecule has 0 spiro atoms. The van der Waals surface area contributed by atoms with Gasteiger partial charge in [0.25, 0.3) is 11.8 Å². The molecule has 2 atom stereocenters. The molecule has 2 N–H and O–H groups in total. The molecule has 36 heavy (non-hydrogen) atoms. The van der Waals surface area contributed by atoms with Crippen molar-refractivity contribution in [3.8, 4) is 11.5 Å². The molecule has 8 heteroatoms. The van der Waals surface area contributed by atoms with Gasteiger partial charge in [-0.3, -0.25) is 9.59 Å². The van der Waals surface area contributed by atoms with Crippen LogP contribution in [0.25, 0.3) is 0 Å². The Kier molecular flexibility index (Phi) is 12.3. The minimum Gasteiger partial charge on any atom is -0.480 e. The third-order valence-electron chi connectivity index (χ3n) is 5.88. The first kappa shape index (κ1) is 30.2. The number of carbonyl (C=O) groups excluding carboxylic acids is 2. The SMILES string of the molecule is Cc1cc(Br)cc(C)c1OC(C)C(=O)NCCCCCCNC(=O)C(C)Oc1c(C)cc(Br)cc1C. The van der Waals surface area contributed by atoms with Crippen LogP contribution in [0.1, 0.15) is 61.8 Å². The normalized spacial score (nSPS) is 12.6. The van der Waals surface area contributed by atoms with E-state index in [-0.39, 0.29) is 11.8 Å². The number of amides is 2. The van der Waals surface area contributed by atoms with Gasteiger partial charge in [0.05, 0.1) is 0 Å². The first-order valence-corrected chi connectivity index (χ1v) is 14.0. The zero-order valence-electron chi connectivity index (χ0n) is 22.1. The molecule has 6 nitrogen and oxygen atoms in total. The number of carbonyl (C=O) groups is 2. The second kappa shape index (κ2) is 14.6. The van der Waals surface area contributed by atoms with E-state index in [0.717, 1.165) is 68.4 Å². The molecule has 0 heterocycles. The highest BCUT2D eigenvalue weighted by atomic mass is 79.9. The summed E-state index contributed by atoms with van der Waals surface area (Å²) in [5, 5.41) is 5.90. The highest BCUT2D eigenvalue weighted by Gasteiger charge is 2.18. The van der Waals surface area contributed by atoms with Crippen LogP contribution in [0.15, 0.2) is 33.2 Å². The van der Waals surface area contributed by atoms with E-state index in [9.17, 15) is 9.59 Å². The second-order valence-corrected chi connectivity index (χ2v) is 11.1. The van der Waals surface area contributed by atoms with Crippen LogP contribution in [-0.4, -0.2) is 37.1 Å². The maximum atomic E-state index is 12.4. The van der Waals surface area contributed by atoms with Gasteiger partial charge in [-0.05, 0) is 101 Å². The molecule has 2 aromatic rings. The molecule has 0 bridgehead atoms. The molecule has 0 aliphatic heterocycles. The lowest BCUT2D eigenvalue weighted by Gasteiger charge is -2.18. The fraction of sp³-hybridized carbons (Fsp3) is 0.500. The summed E-state index contributed by atoms with van der Waals surface area (Å²) < 4.78 is 13.8. The summed E-state index contributed by atoms with van der Waals surface area (Å²) in [6, 6.07) is 7.92. The molecule has 0 aliphatic rings. The number of ether oxygens (including phenoxy) is 2. The van der Waals surface area contributed by atoms with E-state index in [2.05, 4.69) is 42.5 Å². The van der Waals surface area contributed by atoms with E-state index in [1.54, 1.807) is 13.8 Å². The number of hydrogen-bond donors (Lipinski definition) is 2. The Morgan fingerprint density at radius 2 is 0.972 bits per heavy atom. The molecule has 0 aromatic heterocycles. The molecular formula is C28H38Br2N2O4. The van der Waals surface area contributed by atoms with Crippen molar-refractivity contribution in [1.29, 1.82) is 0 Å². The summed E-state index contributed by atoms with van der Waals surface area (Å²) in [5.41, 5.74) is 3.97. The van der Waals surface area contributed by atoms with Crippen molar-refractivity contribution in [2.45, 2.75) is 79.4 Å². The number of unbranched alkanes of at least 4 members (excludes halogenated alkanes) is 3. The topological polar surface area (TPSA) is 76.7 Å². The van der Waals surface area contributed by atoms with Crippen molar-refractivity contribution >= 4 is 43.7 Å². The number of aryl methyl sites for hydroxylation is 4. The predicted octanol–water partition coefficient (Wildman–Crippen LogP) is 6.47. The molecular weight excluding hydrogens is 588 g/mol. The minimum atomic E-state index is -0.562. The van der Waals surface area contributed by atoms with Crippen LogP contribution in [0.2, 0.25) is 0 Å². The van der Waals surface area contributed by atoms with Crippen molar-refractivity contribution in [3.05, 3.63) is 55.5 Å². The average Bonchev–Trinajstić information content (AvgIpc) is 2.79. The van der Waals surface area contributed by atoms with E-state index < -0.39 is 12.2 Å². The monoisotopic (exact) mass is 624 g/mol. The lowest BCUT2D eigenvalue weighted by atomic mass is 10.1. The fourth-order valence-corrected chi connectivity index (χ4v) is 5.31. The molecule has 0 aliphatic carbocycles. The first-order chi connectivity index (χ1) is 17.0. The average molecular weight is 626 g/mol. The Labute approximate surface area is 232 Å². The molecule has 0 fully saturated rings. The van der Waals surface area contributed by atoms with Gasteiger partial charge in [0, 0.05) is 22.0 Å². The molecule has 0 saturated carbocycles. The van der Waals surface area contributed by atoms with Gasteiger partial charge in [-0.2, -0.15) is 0 Å². The maximum Gasteiger partial charge on any atom is 0.260 e. The van der Waals surface area contributed by atoms with E-state index >= 15 is 0 Å². The summed E-state index contributed by atoms with van der Waals surface area (Å²) in [6.45, 7) is 12.6. The van der Waals surface area contributed by atoms with Crippen molar-refractivity contribution < 1.29 is 19.1 Å². The van der Waals surface area contributed by atoms with Crippen molar-refractivity contribution in [1.82, 2.24) is 10.6 Å². The number of nitrogens with one attached hydrogen (secondary N) is 2. The lowest BCUT2D eigenvalue weighted by molar-refractivity contribution is -0.128. The molecule has 0 saturated heterocycles. The predicted molar refractivity (Wildman–Crippen MR) is 152 cm³/mol. The Bertz CT molecular complexity index is 928. The van der Waals surface area contributed by atoms with Gasteiger partial charge in [-0.15, -0.1) is 0 Å². The van der Waals surface area contributed by atoms with Gasteiger partial charge in [0.1, 0.15) is 11.5 Å². The third-order valence-corrected chi connectivity index (χ3v) is 6.80. The van der Waals surface area contributed by atoms with Crippen LogP contribution in [-0.2, 0) is 9.59 Å². The van der Waals surface area contributed by atoms with Gasteiger partial charge < -0.3 is 20.1 Å². The van der Waals surface area contributed by atoms with Crippen LogP contribution in [0.5, 0.6) is 11.5 Å². The van der Waals surface area contributed by atoms with Gasteiger partial charge in [0.2, 0.25) is 0 Å². The zero-order chi connectivity index (χ0) is 26.8. The highest BCUT2D eigenvalue weighted by Crippen LogP contribution is 2.29. The molecule has 2 unspecified atom stereocenters. The summed E-state index contributed by atoms with van der Waals surface area (Å²) >= 11 is 6.95. The largest absolute Gasteiger partial charge is 0.480 e. The van der Waals surface area contributed by atoms with Gasteiger partial charge in [-0.1, -0.05) is 44.7 Å². The summed E-state index contributed by atoms with van der Waals surface area (Å²) in [5.74, 6) is 1.28. The van der Waals surface area contributed by atoms with E-state index in [1.807, 2.05) is 52.0 Å². The first-order valence-electron chi connectivity index (χ1n) is 12.4. The maximum absolute atomic E-state index is 12.4. The fourth-order valence-electron chi connectivity index (χ4n) is 3.94. The number of hydrogen-bond acceptors (Lipinski definition) is 4. The van der Waals surface area contributed by atoms with Crippen LogP contribution in [0, 0.1) is 27.7 Å². The van der Waals surface area contributed by atoms with Crippen LogP contribution in [0.4, 0.5) is 0 Å². The van der Waals surface area contributed by atoms with Gasteiger partial charge >= 0.3 is 0 Å². The van der Waals surface area contributed by atoms with Crippen LogP contribution < -0.4 is 20.1 Å². The van der Waals surface area contributed by atoms with E-state index in [4.69, 9.17) is 9.47 Å². The summed E-state index contributed by atoms with van der Waals surface area (Å²) in [4.78, 5) is 24.8. The van der Waals surface area contributed by atoms with Crippen LogP contribution in [0.3, 0.4) is 0 Å². The molecule has 2 rings (SSSR count). The van der Waals surface area contributed by atoms with E-state index in [0.29, 0.717) is 13.1 Å². The second-order valence-electron chi connectivity index (χ2n) is 9.25.